The van der Waals surface area contributed by atoms with Gasteiger partial charge in [0.2, 0.25) is 0 Å². The van der Waals surface area contributed by atoms with Crippen LogP contribution in [-0.2, 0) is 6.18 Å². The second-order valence-electron chi connectivity index (χ2n) is 4.21. The van der Waals surface area contributed by atoms with Crippen molar-refractivity contribution in [2.24, 2.45) is 5.73 Å². The second kappa shape index (κ2) is 5.08. The van der Waals surface area contributed by atoms with Crippen molar-refractivity contribution in [1.82, 2.24) is 9.78 Å². The van der Waals surface area contributed by atoms with Gasteiger partial charge in [-0.1, -0.05) is 6.92 Å². The van der Waals surface area contributed by atoms with Gasteiger partial charge < -0.3 is 10.2 Å². The van der Waals surface area contributed by atoms with Gasteiger partial charge in [0, 0.05) is 12.2 Å². The zero-order valence-electron chi connectivity index (χ0n) is 10.3. The van der Waals surface area contributed by atoms with E-state index in [4.69, 9.17) is 10.2 Å². The van der Waals surface area contributed by atoms with Crippen LogP contribution in [-0.4, -0.2) is 15.8 Å². The molecule has 104 valence electrons. The summed E-state index contributed by atoms with van der Waals surface area (Å²) in [5.74, 6) is 0.492. The molecule has 0 saturated carbocycles. The molecule has 0 amide bonds. The molecule has 2 N–H and O–H groups in total. The molecule has 2 rings (SSSR count). The lowest BCUT2D eigenvalue weighted by Crippen LogP contribution is -2.32. The highest BCUT2D eigenvalue weighted by Gasteiger charge is 2.35. The number of aromatic nitrogens is 2. The fraction of sp³-hybridized carbons (Fsp3) is 0.417. The van der Waals surface area contributed by atoms with Gasteiger partial charge in [-0.05, 0) is 24.6 Å². The van der Waals surface area contributed by atoms with Crippen LogP contribution >= 0.6 is 0 Å². The van der Waals surface area contributed by atoms with Crippen molar-refractivity contribution in [3.05, 3.63) is 42.1 Å². The molecule has 2 unspecified atom stereocenters. The number of halogens is 3. The molecule has 0 bridgehead atoms. The third-order valence-electron chi connectivity index (χ3n) is 2.90. The van der Waals surface area contributed by atoms with Gasteiger partial charge in [0.1, 0.15) is 11.8 Å². The van der Waals surface area contributed by atoms with Crippen molar-refractivity contribution in [2.45, 2.75) is 31.6 Å². The van der Waals surface area contributed by atoms with Gasteiger partial charge in [0.05, 0.1) is 6.26 Å². The van der Waals surface area contributed by atoms with Crippen LogP contribution in [0.5, 0.6) is 0 Å². The van der Waals surface area contributed by atoms with Crippen LogP contribution in [0, 0.1) is 0 Å². The van der Waals surface area contributed by atoms with E-state index in [1.807, 2.05) is 6.92 Å². The van der Waals surface area contributed by atoms with Gasteiger partial charge in [-0.25, -0.2) is 0 Å². The highest BCUT2D eigenvalue weighted by molar-refractivity contribution is 5.12. The molecule has 0 aromatic carbocycles. The van der Waals surface area contributed by atoms with Crippen LogP contribution in [0.2, 0.25) is 0 Å². The van der Waals surface area contributed by atoms with Crippen molar-refractivity contribution < 1.29 is 17.6 Å². The normalized spacial score (nSPS) is 15.4. The van der Waals surface area contributed by atoms with Crippen LogP contribution in [0.1, 0.15) is 30.8 Å². The number of nitrogens with zero attached hydrogens (tertiary/aromatic N) is 2. The highest BCUT2D eigenvalue weighted by Crippen LogP contribution is 2.29. The van der Waals surface area contributed by atoms with Crippen molar-refractivity contribution in [1.29, 1.82) is 0 Å². The van der Waals surface area contributed by atoms with E-state index < -0.39 is 17.9 Å². The van der Waals surface area contributed by atoms with Gasteiger partial charge in [0.25, 0.3) is 0 Å². The van der Waals surface area contributed by atoms with E-state index in [2.05, 4.69) is 5.10 Å². The maximum absolute atomic E-state index is 12.6. The van der Waals surface area contributed by atoms with E-state index in [0.717, 1.165) is 6.07 Å². The number of nitrogens with two attached hydrogens (primary N) is 1. The predicted octanol–water partition coefficient (Wildman–Crippen LogP) is 2.82. The zero-order chi connectivity index (χ0) is 14.0. The quantitative estimate of drug-likeness (QED) is 0.931. The summed E-state index contributed by atoms with van der Waals surface area (Å²) in [6, 6.07) is 3.34. The summed E-state index contributed by atoms with van der Waals surface area (Å²) in [6.07, 6.45) is -1.15. The lowest BCUT2D eigenvalue weighted by atomic mass is 10.0. The Morgan fingerprint density at radius 3 is 2.63 bits per heavy atom. The Kier molecular flexibility index (Phi) is 3.66. The molecule has 2 aromatic rings. The molecule has 0 fully saturated rings. The maximum atomic E-state index is 12.6. The largest absolute Gasteiger partial charge is 0.467 e. The minimum Gasteiger partial charge on any atom is -0.467 e. The molecule has 19 heavy (non-hydrogen) atoms. The molecule has 7 heteroatoms. The molecule has 2 aromatic heterocycles. The summed E-state index contributed by atoms with van der Waals surface area (Å²) in [4.78, 5) is 0. The topological polar surface area (TPSA) is 57.0 Å². The molecular formula is C12H14F3N3O. The number of rotatable bonds is 4. The van der Waals surface area contributed by atoms with Crippen molar-refractivity contribution in [3.8, 4) is 0 Å². The van der Waals surface area contributed by atoms with E-state index in [-0.39, 0.29) is 6.04 Å². The molecule has 0 aliphatic rings. The molecular weight excluding hydrogens is 259 g/mol. The molecule has 0 saturated heterocycles. The lowest BCUT2D eigenvalue weighted by Gasteiger charge is -2.21. The maximum Gasteiger partial charge on any atom is 0.435 e. The van der Waals surface area contributed by atoms with Gasteiger partial charge in [-0.2, -0.15) is 18.3 Å². The summed E-state index contributed by atoms with van der Waals surface area (Å²) in [5.41, 5.74) is 5.02. The van der Waals surface area contributed by atoms with Gasteiger partial charge >= 0.3 is 6.18 Å². The SMILES string of the molecule is CCC(N)C(c1ccco1)n1ccc(C(F)(F)F)n1. The first-order chi connectivity index (χ1) is 8.93. The van der Waals surface area contributed by atoms with Crippen molar-refractivity contribution >= 4 is 0 Å². The Bertz CT molecular complexity index is 519. The first-order valence-corrected chi connectivity index (χ1v) is 5.84. The third-order valence-corrected chi connectivity index (χ3v) is 2.90. The molecule has 0 spiro atoms. The molecule has 0 aliphatic carbocycles. The first-order valence-electron chi connectivity index (χ1n) is 5.84. The number of hydrogen-bond acceptors (Lipinski definition) is 3. The molecule has 0 radical (unpaired) electrons. The van der Waals surface area contributed by atoms with Crippen LogP contribution in [0.15, 0.2) is 35.1 Å². The summed E-state index contributed by atoms with van der Waals surface area (Å²) in [7, 11) is 0. The fourth-order valence-corrected chi connectivity index (χ4v) is 1.86. The zero-order valence-corrected chi connectivity index (χ0v) is 10.3. The average Bonchev–Trinajstić information content (AvgIpc) is 2.99. The van der Waals surface area contributed by atoms with Gasteiger partial charge in [0.15, 0.2) is 5.69 Å². The molecule has 2 heterocycles. The molecule has 0 aliphatic heterocycles. The van der Waals surface area contributed by atoms with Crippen molar-refractivity contribution in [2.75, 3.05) is 0 Å². The van der Waals surface area contributed by atoms with E-state index in [9.17, 15) is 13.2 Å². The highest BCUT2D eigenvalue weighted by atomic mass is 19.4. The summed E-state index contributed by atoms with van der Waals surface area (Å²) < 4.78 is 44.1. The average molecular weight is 273 g/mol. The minimum absolute atomic E-state index is 0.382. The van der Waals surface area contributed by atoms with Crippen molar-refractivity contribution in [3.63, 3.8) is 0 Å². The summed E-state index contributed by atoms with van der Waals surface area (Å²) >= 11 is 0. The van der Waals surface area contributed by atoms with Gasteiger partial charge in [-0.15, -0.1) is 0 Å². The Balaban J connectivity index is 2.37. The predicted molar refractivity (Wildman–Crippen MR) is 62.3 cm³/mol. The summed E-state index contributed by atoms with van der Waals surface area (Å²) in [6.45, 7) is 1.86. The van der Waals surface area contributed by atoms with Gasteiger partial charge in [-0.3, -0.25) is 4.68 Å². The van der Waals surface area contributed by atoms with Crippen LogP contribution in [0.25, 0.3) is 0 Å². The number of hydrogen-bond donors (Lipinski definition) is 1. The third kappa shape index (κ3) is 2.81. The molecule has 4 nitrogen and oxygen atoms in total. The van der Waals surface area contributed by atoms with E-state index in [1.54, 1.807) is 12.1 Å². The Morgan fingerprint density at radius 2 is 2.16 bits per heavy atom. The van der Waals surface area contributed by atoms with E-state index in [0.29, 0.717) is 12.2 Å². The Morgan fingerprint density at radius 1 is 1.42 bits per heavy atom. The number of furan rings is 1. The first kappa shape index (κ1) is 13.7. The Hall–Kier alpha value is -1.76. The van der Waals surface area contributed by atoms with Crippen LogP contribution in [0.3, 0.4) is 0 Å². The smallest absolute Gasteiger partial charge is 0.435 e. The minimum atomic E-state index is -4.46. The van der Waals surface area contributed by atoms with Crippen LogP contribution in [0.4, 0.5) is 13.2 Å². The Labute approximate surface area is 108 Å². The number of alkyl halides is 3. The van der Waals surface area contributed by atoms with E-state index >= 15 is 0 Å². The summed E-state index contributed by atoms with van der Waals surface area (Å²) in [5, 5.41) is 3.56. The fourth-order valence-electron chi connectivity index (χ4n) is 1.86. The lowest BCUT2D eigenvalue weighted by molar-refractivity contribution is -0.141. The van der Waals surface area contributed by atoms with E-state index in [1.165, 1.54) is 17.1 Å². The standard InChI is InChI=1S/C12H14F3N3O/c1-2-8(16)11(9-4-3-7-19-9)18-6-5-10(17-18)12(13,14)15/h3-8,11H,2,16H2,1H3. The van der Waals surface area contributed by atoms with Crippen LogP contribution < -0.4 is 5.73 Å². The molecule has 2 atom stereocenters. The monoisotopic (exact) mass is 273 g/mol. The second-order valence-corrected chi connectivity index (χ2v) is 4.21.